The molecular weight excluding hydrogens is 439 g/mol. The van der Waals surface area contributed by atoms with E-state index in [9.17, 15) is 12.8 Å². The van der Waals surface area contributed by atoms with E-state index in [2.05, 4.69) is 27.8 Å². The largest absolute Gasteiger partial charge is 0.493 e. The van der Waals surface area contributed by atoms with Gasteiger partial charge in [-0.3, -0.25) is 0 Å². The third kappa shape index (κ3) is 6.41. The molecule has 1 saturated heterocycles. The molecule has 1 heterocycles. The van der Waals surface area contributed by atoms with Crippen LogP contribution in [0.1, 0.15) is 19.3 Å². The molecule has 4 rings (SSSR count). The maximum absolute atomic E-state index is 13.1. The molecule has 3 aromatic rings. The topological polar surface area (TPSA) is 58.6 Å². The average molecular weight is 469 g/mol. The molecule has 1 aliphatic rings. The van der Waals surface area contributed by atoms with Gasteiger partial charge in [0, 0.05) is 18.2 Å². The standard InChI is InChI=1S/C26H29FN2O3S/c27-22-11-13-24(14-12-22)33(30,31)28-23-15-18-29(19-16-23)17-6-20-32-26-10-5-4-9-25(26)21-7-2-1-3-8-21/h1-5,7-14,23,28H,6,15-20H2. The Kier molecular flexibility index (Phi) is 7.75. The number of para-hydroxylation sites is 1. The molecule has 7 heteroatoms. The molecule has 0 radical (unpaired) electrons. The van der Waals surface area contributed by atoms with Crippen molar-refractivity contribution >= 4 is 10.0 Å². The summed E-state index contributed by atoms with van der Waals surface area (Å²) in [5.74, 6) is 0.437. The van der Waals surface area contributed by atoms with Crippen LogP contribution in [0, 0.1) is 5.82 Å². The van der Waals surface area contributed by atoms with Crippen molar-refractivity contribution in [1.29, 1.82) is 0 Å². The third-order valence-corrected chi connectivity index (χ3v) is 7.42. The number of halogens is 1. The van der Waals surface area contributed by atoms with Crippen molar-refractivity contribution in [3.63, 3.8) is 0 Å². The molecule has 0 unspecified atom stereocenters. The molecule has 33 heavy (non-hydrogen) atoms. The first kappa shape index (κ1) is 23.4. The Bertz CT molecular complexity index is 1130. The first-order valence-corrected chi connectivity index (χ1v) is 12.8. The monoisotopic (exact) mass is 468 g/mol. The van der Waals surface area contributed by atoms with Crippen LogP contribution in [0.4, 0.5) is 4.39 Å². The molecule has 1 aliphatic heterocycles. The Labute approximate surface area is 195 Å². The van der Waals surface area contributed by atoms with E-state index >= 15 is 0 Å². The second-order valence-electron chi connectivity index (χ2n) is 8.26. The molecule has 0 aliphatic carbocycles. The summed E-state index contributed by atoms with van der Waals surface area (Å²) in [6.07, 6.45) is 2.39. The van der Waals surface area contributed by atoms with Crippen molar-refractivity contribution < 1.29 is 17.5 Å². The van der Waals surface area contributed by atoms with Gasteiger partial charge in [0.05, 0.1) is 11.5 Å². The van der Waals surface area contributed by atoms with E-state index < -0.39 is 15.8 Å². The van der Waals surface area contributed by atoms with Gasteiger partial charge >= 0.3 is 0 Å². The molecule has 1 fully saturated rings. The lowest BCUT2D eigenvalue weighted by molar-refractivity contribution is 0.189. The summed E-state index contributed by atoms with van der Waals surface area (Å²) >= 11 is 0. The molecule has 0 amide bonds. The average Bonchev–Trinajstić information content (AvgIpc) is 2.84. The minimum absolute atomic E-state index is 0.0965. The Morgan fingerprint density at radius 2 is 1.58 bits per heavy atom. The summed E-state index contributed by atoms with van der Waals surface area (Å²) in [6, 6.07) is 23.1. The minimum Gasteiger partial charge on any atom is -0.493 e. The van der Waals surface area contributed by atoms with Crippen molar-refractivity contribution in [1.82, 2.24) is 9.62 Å². The number of sulfonamides is 1. The second kappa shape index (κ2) is 10.9. The number of hydrogen-bond donors (Lipinski definition) is 1. The molecular formula is C26H29FN2O3S. The van der Waals surface area contributed by atoms with Gasteiger partial charge in [-0.1, -0.05) is 48.5 Å². The molecule has 5 nitrogen and oxygen atoms in total. The van der Waals surface area contributed by atoms with Crippen LogP contribution in [-0.2, 0) is 10.0 Å². The summed E-state index contributed by atoms with van der Waals surface area (Å²) in [5.41, 5.74) is 2.23. The van der Waals surface area contributed by atoms with Crippen molar-refractivity contribution in [3.05, 3.63) is 84.7 Å². The smallest absolute Gasteiger partial charge is 0.240 e. The zero-order valence-corrected chi connectivity index (χ0v) is 19.3. The van der Waals surface area contributed by atoms with Gasteiger partial charge in [-0.15, -0.1) is 0 Å². The Morgan fingerprint density at radius 1 is 0.909 bits per heavy atom. The number of piperidine rings is 1. The van der Waals surface area contributed by atoms with Crippen molar-refractivity contribution in [3.8, 4) is 16.9 Å². The summed E-state index contributed by atoms with van der Waals surface area (Å²) in [5, 5.41) is 0. The number of ether oxygens (including phenoxy) is 1. The number of nitrogens with one attached hydrogen (secondary N) is 1. The molecule has 0 aromatic heterocycles. The quantitative estimate of drug-likeness (QED) is 0.463. The Morgan fingerprint density at radius 3 is 2.30 bits per heavy atom. The lowest BCUT2D eigenvalue weighted by Crippen LogP contribution is -2.44. The predicted octanol–water partition coefficient (Wildman–Crippen LogP) is 4.70. The zero-order chi connectivity index (χ0) is 23.1. The van der Waals surface area contributed by atoms with E-state index in [-0.39, 0.29) is 10.9 Å². The first-order valence-electron chi connectivity index (χ1n) is 11.3. The maximum atomic E-state index is 13.1. The predicted molar refractivity (Wildman–Crippen MR) is 128 cm³/mol. The molecule has 0 bridgehead atoms. The van der Waals surface area contributed by atoms with Crippen molar-refractivity contribution in [2.75, 3.05) is 26.2 Å². The highest BCUT2D eigenvalue weighted by Crippen LogP contribution is 2.29. The third-order valence-electron chi connectivity index (χ3n) is 5.88. The van der Waals surface area contributed by atoms with E-state index in [1.807, 2.05) is 36.4 Å². The number of hydrogen-bond acceptors (Lipinski definition) is 4. The zero-order valence-electron chi connectivity index (χ0n) is 18.5. The summed E-state index contributed by atoms with van der Waals surface area (Å²) < 4.78 is 46.9. The highest BCUT2D eigenvalue weighted by Gasteiger charge is 2.24. The van der Waals surface area contributed by atoms with Gasteiger partial charge in [-0.2, -0.15) is 0 Å². The normalized spacial score (nSPS) is 15.4. The van der Waals surface area contributed by atoms with Crippen LogP contribution in [0.3, 0.4) is 0 Å². The van der Waals surface area contributed by atoms with E-state index in [4.69, 9.17) is 4.74 Å². The second-order valence-corrected chi connectivity index (χ2v) is 9.97. The van der Waals surface area contributed by atoms with Crippen molar-refractivity contribution in [2.24, 2.45) is 0 Å². The van der Waals surface area contributed by atoms with Crippen LogP contribution in [0.25, 0.3) is 11.1 Å². The van der Waals surface area contributed by atoms with Crippen LogP contribution in [0.15, 0.2) is 83.8 Å². The summed E-state index contributed by atoms with van der Waals surface area (Å²) in [6.45, 7) is 3.19. The number of likely N-dealkylation sites (tertiary alicyclic amines) is 1. The highest BCUT2D eigenvalue weighted by atomic mass is 32.2. The van der Waals surface area contributed by atoms with Crippen LogP contribution in [-0.4, -0.2) is 45.6 Å². The van der Waals surface area contributed by atoms with Crippen LogP contribution in [0.5, 0.6) is 5.75 Å². The van der Waals surface area contributed by atoms with E-state index in [1.165, 1.54) is 12.1 Å². The lowest BCUT2D eigenvalue weighted by Gasteiger charge is -2.32. The van der Waals surface area contributed by atoms with Crippen molar-refractivity contribution in [2.45, 2.75) is 30.2 Å². The number of benzene rings is 3. The lowest BCUT2D eigenvalue weighted by atomic mass is 10.0. The van der Waals surface area contributed by atoms with Gasteiger partial charge in [-0.25, -0.2) is 17.5 Å². The van der Waals surface area contributed by atoms with Gasteiger partial charge < -0.3 is 9.64 Å². The number of rotatable bonds is 9. The molecule has 0 spiro atoms. The molecule has 1 N–H and O–H groups in total. The minimum atomic E-state index is -3.63. The van der Waals surface area contributed by atoms with Gasteiger partial charge in [0.25, 0.3) is 0 Å². The van der Waals surface area contributed by atoms with Crippen LogP contribution in [0.2, 0.25) is 0 Å². The molecule has 174 valence electrons. The molecule has 3 aromatic carbocycles. The number of nitrogens with zero attached hydrogens (tertiary/aromatic N) is 1. The van der Waals surface area contributed by atoms with E-state index in [0.717, 1.165) is 67.9 Å². The van der Waals surface area contributed by atoms with Gasteiger partial charge in [0.2, 0.25) is 10.0 Å². The Hall–Kier alpha value is -2.74. The van der Waals surface area contributed by atoms with Gasteiger partial charge in [0.15, 0.2) is 0 Å². The Balaban J connectivity index is 1.21. The van der Waals surface area contributed by atoms with Gasteiger partial charge in [0.1, 0.15) is 11.6 Å². The fraction of sp³-hybridized carbons (Fsp3) is 0.308. The van der Waals surface area contributed by atoms with E-state index in [0.29, 0.717) is 6.61 Å². The van der Waals surface area contributed by atoms with E-state index in [1.54, 1.807) is 0 Å². The fourth-order valence-electron chi connectivity index (χ4n) is 4.09. The highest BCUT2D eigenvalue weighted by molar-refractivity contribution is 7.89. The van der Waals surface area contributed by atoms with Gasteiger partial charge in [-0.05, 0) is 68.2 Å². The maximum Gasteiger partial charge on any atom is 0.240 e. The summed E-state index contributed by atoms with van der Waals surface area (Å²) in [4.78, 5) is 2.44. The van der Waals surface area contributed by atoms with Crippen LogP contribution >= 0.6 is 0 Å². The SMILES string of the molecule is O=S(=O)(NC1CCN(CCCOc2ccccc2-c2ccccc2)CC1)c1ccc(F)cc1. The molecule has 0 atom stereocenters. The first-order chi connectivity index (χ1) is 16.0. The van der Waals surface area contributed by atoms with Crippen LogP contribution < -0.4 is 9.46 Å². The molecule has 0 saturated carbocycles. The fourth-order valence-corrected chi connectivity index (χ4v) is 5.40. The summed E-state index contributed by atoms with van der Waals surface area (Å²) in [7, 11) is -3.63.